The van der Waals surface area contributed by atoms with Crippen molar-refractivity contribution < 1.29 is 27.4 Å². The standard InChI is InChI=1S/C17H15BrF3NO3/c1-22(16(23)11-24-14-8-6-13(18)7-9-14)10-12-4-2-3-5-15(12)25-17(19,20)21/h2-9H,10-11H2,1H3. The van der Waals surface area contributed by atoms with Gasteiger partial charge < -0.3 is 14.4 Å². The van der Waals surface area contributed by atoms with E-state index < -0.39 is 6.36 Å². The minimum atomic E-state index is -4.79. The molecule has 0 unspecified atom stereocenters. The Morgan fingerprint density at radius 3 is 2.40 bits per heavy atom. The van der Waals surface area contributed by atoms with Crippen LogP contribution in [0.5, 0.6) is 11.5 Å². The number of para-hydroxylation sites is 1. The van der Waals surface area contributed by atoms with Crippen LogP contribution in [0, 0.1) is 0 Å². The van der Waals surface area contributed by atoms with E-state index >= 15 is 0 Å². The van der Waals surface area contributed by atoms with E-state index in [1.807, 2.05) is 0 Å². The first-order valence-electron chi connectivity index (χ1n) is 7.20. The highest BCUT2D eigenvalue weighted by Gasteiger charge is 2.32. The third kappa shape index (κ3) is 6.30. The molecular weight excluding hydrogens is 403 g/mol. The highest BCUT2D eigenvalue weighted by Crippen LogP contribution is 2.27. The Balaban J connectivity index is 1.95. The number of likely N-dealkylation sites (N-methyl/N-ethyl adjacent to an activating group) is 1. The molecular formula is C17H15BrF3NO3. The quantitative estimate of drug-likeness (QED) is 0.699. The molecule has 0 spiro atoms. The average molecular weight is 418 g/mol. The maximum atomic E-state index is 12.4. The van der Waals surface area contributed by atoms with Crippen LogP contribution in [0.15, 0.2) is 53.0 Å². The number of alkyl halides is 3. The van der Waals surface area contributed by atoms with E-state index in [4.69, 9.17) is 4.74 Å². The first kappa shape index (κ1) is 19.1. The maximum Gasteiger partial charge on any atom is 0.573 e. The first-order valence-corrected chi connectivity index (χ1v) is 8.00. The van der Waals surface area contributed by atoms with Gasteiger partial charge in [-0.3, -0.25) is 4.79 Å². The van der Waals surface area contributed by atoms with Crippen LogP contribution in [0.2, 0.25) is 0 Å². The average Bonchev–Trinajstić information content (AvgIpc) is 2.54. The zero-order valence-electron chi connectivity index (χ0n) is 13.2. The van der Waals surface area contributed by atoms with Crippen molar-refractivity contribution in [3.05, 3.63) is 58.6 Å². The van der Waals surface area contributed by atoms with Gasteiger partial charge in [-0.2, -0.15) is 0 Å². The van der Waals surface area contributed by atoms with Gasteiger partial charge in [-0.25, -0.2) is 0 Å². The second kappa shape index (κ2) is 8.24. The van der Waals surface area contributed by atoms with Crippen LogP contribution in [0.1, 0.15) is 5.56 Å². The molecule has 0 atom stereocenters. The summed E-state index contributed by atoms with van der Waals surface area (Å²) in [5.74, 6) is -0.182. The molecule has 2 aromatic rings. The molecule has 2 rings (SSSR count). The van der Waals surface area contributed by atoms with Crippen molar-refractivity contribution in [1.82, 2.24) is 4.90 Å². The lowest BCUT2D eigenvalue weighted by Gasteiger charge is -2.20. The Hall–Kier alpha value is -2.22. The number of rotatable bonds is 6. The molecule has 134 valence electrons. The summed E-state index contributed by atoms with van der Waals surface area (Å²) in [5.41, 5.74) is 0.249. The van der Waals surface area contributed by atoms with E-state index in [0.29, 0.717) is 5.75 Å². The summed E-state index contributed by atoms with van der Waals surface area (Å²) in [6.07, 6.45) is -4.79. The van der Waals surface area contributed by atoms with Crippen LogP contribution in [0.3, 0.4) is 0 Å². The molecule has 0 saturated carbocycles. The molecule has 0 fully saturated rings. The van der Waals surface area contributed by atoms with Gasteiger partial charge in [-0.15, -0.1) is 13.2 Å². The third-order valence-corrected chi connectivity index (χ3v) is 3.74. The van der Waals surface area contributed by atoms with Crippen molar-refractivity contribution in [3.63, 3.8) is 0 Å². The lowest BCUT2D eigenvalue weighted by atomic mass is 10.2. The number of carbonyl (C=O) groups is 1. The molecule has 0 aliphatic carbocycles. The Kier molecular flexibility index (Phi) is 6.30. The van der Waals surface area contributed by atoms with Crippen LogP contribution in [0.25, 0.3) is 0 Å². The molecule has 0 bridgehead atoms. The van der Waals surface area contributed by atoms with Crippen molar-refractivity contribution in [3.8, 4) is 11.5 Å². The predicted octanol–water partition coefficient (Wildman–Crippen LogP) is 4.39. The fourth-order valence-electron chi connectivity index (χ4n) is 1.99. The van der Waals surface area contributed by atoms with Crippen LogP contribution in [0.4, 0.5) is 13.2 Å². The third-order valence-electron chi connectivity index (χ3n) is 3.21. The van der Waals surface area contributed by atoms with Crippen molar-refractivity contribution in [2.45, 2.75) is 12.9 Å². The normalized spacial score (nSPS) is 11.1. The summed E-state index contributed by atoms with van der Waals surface area (Å²) < 4.78 is 47.5. The number of ether oxygens (including phenoxy) is 2. The van der Waals surface area contributed by atoms with Crippen LogP contribution in [-0.2, 0) is 11.3 Å². The Bertz CT molecular complexity index is 720. The van der Waals surface area contributed by atoms with Crippen LogP contribution in [-0.4, -0.2) is 30.8 Å². The zero-order valence-corrected chi connectivity index (χ0v) is 14.8. The first-order chi connectivity index (χ1) is 11.7. The Morgan fingerprint density at radius 1 is 1.12 bits per heavy atom. The maximum absolute atomic E-state index is 12.4. The van der Waals surface area contributed by atoms with Gasteiger partial charge in [0.25, 0.3) is 5.91 Å². The smallest absolute Gasteiger partial charge is 0.484 e. The van der Waals surface area contributed by atoms with Gasteiger partial charge in [0.05, 0.1) is 0 Å². The summed E-state index contributed by atoms with van der Waals surface area (Å²) in [4.78, 5) is 13.4. The summed E-state index contributed by atoms with van der Waals surface area (Å²) in [7, 11) is 1.48. The SMILES string of the molecule is CN(Cc1ccccc1OC(F)(F)F)C(=O)COc1ccc(Br)cc1. The van der Waals surface area contributed by atoms with Gasteiger partial charge in [-0.1, -0.05) is 34.1 Å². The molecule has 0 aromatic heterocycles. The zero-order chi connectivity index (χ0) is 18.4. The summed E-state index contributed by atoms with van der Waals surface area (Å²) >= 11 is 3.29. The number of nitrogens with zero attached hydrogens (tertiary/aromatic N) is 1. The molecule has 2 aromatic carbocycles. The van der Waals surface area contributed by atoms with Gasteiger partial charge in [0.15, 0.2) is 6.61 Å². The van der Waals surface area contributed by atoms with E-state index in [-0.39, 0.29) is 30.4 Å². The van der Waals surface area contributed by atoms with Gasteiger partial charge in [0, 0.05) is 23.6 Å². The molecule has 0 aliphatic heterocycles. The minimum Gasteiger partial charge on any atom is -0.484 e. The molecule has 0 aliphatic rings. The van der Waals surface area contributed by atoms with Gasteiger partial charge >= 0.3 is 6.36 Å². The second-order valence-corrected chi connectivity index (χ2v) is 6.06. The number of amides is 1. The van der Waals surface area contributed by atoms with E-state index in [0.717, 1.165) is 4.47 Å². The highest BCUT2D eigenvalue weighted by atomic mass is 79.9. The van der Waals surface area contributed by atoms with E-state index in [1.165, 1.54) is 30.1 Å². The van der Waals surface area contributed by atoms with E-state index in [9.17, 15) is 18.0 Å². The fraction of sp³-hybridized carbons (Fsp3) is 0.235. The number of halogens is 4. The monoisotopic (exact) mass is 417 g/mol. The fourth-order valence-corrected chi connectivity index (χ4v) is 2.25. The number of hydrogen-bond acceptors (Lipinski definition) is 3. The van der Waals surface area contributed by atoms with Crippen molar-refractivity contribution in [2.24, 2.45) is 0 Å². The molecule has 0 N–H and O–H groups in total. The van der Waals surface area contributed by atoms with Crippen molar-refractivity contribution >= 4 is 21.8 Å². The van der Waals surface area contributed by atoms with Crippen LogP contribution < -0.4 is 9.47 Å². The highest BCUT2D eigenvalue weighted by molar-refractivity contribution is 9.10. The van der Waals surface area contributed by atoms with E-state index in [2.05, 4.69) is 20.7 Å². The van der Waals surface area contributed by atoms with Gasteiger partial charge in [0.2, 0.25) is 0 Å². The van der Waals surface area contributed by atoms with E-state index in [1.54, 1.807) is 30.3 Å². The summed E-state index contributed by atoms with van der Waals surface area (Å²) in [6.45, 7) is -0.255. The lowest BCUT2D eigenvalue weighted by Crippen LogP contribution is -2.31. The van der Waals surface area contributed by atoms with Gasteiger partial charge in [-0.05, 0) is 30.3 Å². The largest absolute Gasteiger partial charge is 0.573 e. The molecule has 0 radical (unpaired) electrons. The number of hydrogen-bond donors (Lipinski definition) is 0. The minimum absolute atomic E-state index is 0.0330. The summed E-state index contributed by atoms with van der Waals surface area (Å²) in [5, 5.41) is 0. The lowest BCUT2D eigenvalue weighted by molar-refractivity contribution is -0.275. The second-order valence-electron chi connectivity index (χ2n) is 5.15. The van der Waals surface area contributed by atoms with Crippen molar-refractivity contribution in [1.29, 1.82) is 0 Å². The molecule has 1 amide bonds. The molecule has 25 heavy (non-hydrogen) atoms. The summed E-state index contributed by atoms with van der Waals surface area (Å²) in [6, 6.07) is 12.6. The predicted molar refractivity (Wildman–Crippen MR) is 89.2 cm³/mol. The molecule has 0 heterocycles. The number of carbonyl (C=O) groups excluding carboxylic acids is 1. The van der Waals surface area contributed by atoms with Crippen LogP contribution >= 0.6 is 15.9 Å². The Morgan fingerprint density at radius 2 is 1.76 bits per heavy atom. The topological polar surface area (TPSA) is 38.8 Å². The molecule has 4 nitrogen and oxygen atoms in total. The molecule has 8 heteroatoms. The molecule has 0 saturated heterocycles. The van der Waals surface area contributed by atoms with Gasteiger partial charge in [0.1, 0.15) is 11.5 Å². The van der Waals surface area contributed by atoms with Crippen molar-refractivity contribution in [2.75, 3.05) is 13.7 Å². The Labute approximate surface area is 151 Å². The number of benzene rings is 2.